The van der Waals surface area contributed by atoms with Gasteiger partial charge in [-0.05, 0) is 44.0 Å². The lowest BCUT2D eigenvalue weighted by Gasteiger charge is -2.34. The Morgan fingerprint density at radius 3 is 2.56 bits per heavy atom. The molecule has 0 aliphatic carbocycles. The molecule has 1 N–H and O–H groups in total. The Balaban J connectivity index is 1.60. The number of carbonyl (C=O) groups excluding carboxylic acids is 1. The molecule has 1 amide bonds. The predicted octanol–water partition coefficient (Wildman–Crippen LogP) is 2.56. The molecule has 1 saturated heterocycles. The van der Waals surface area contributed by atoms with Gasteiger partial charge in [-0.1, -0.05) is 0 Å². The summed E-state index contributed by atoms with van der Waals surface area (Å²) in [5.41, 5.74) is 3.51. The van der Waals surface area contributed by atoms with Crippen molar-refractivity contribution >= 4 is 27.8 Å². The van der Waals surface area contributed by atoms with E-state index >= 15 is 0 Å². The molecule has 0 radical (unpaired) electrons. The number of amides is 1. The fraction of sp³-hybridized carbons (Fsp3) is 0.320. The third-order valence-corrected chi connectivity index (χ3v) is 6.34. The maximum atomic E-state index is 13.1. The van der Waals surface area contributed by atoms with E-state index in [0.29, 0.717) is 42.8 Å². The SMILES string of the molecule is COc1ccc(-c2ccc3ncc4ccc(=O)n(C5CCN(C(=O)C(C)O)CC5)c4c3n2)cn1. The molecule has 1 aliphatic rings. The zero-order valence-corrected chi connectivity index (χ0v) is 19.0. The molecule has 9 nitrogen and oxygen atoms in total. The highest BCUT2D eigenvalue weighted by atomic mass is 16.5. The summed E-state index contributed by atoms with van der Waals surface area (Å²) in [6, 6.07) is 10.7. The van der Waals surface area contributed by atoms with Crippen LogP contribution in [-0.2, 0) is 4.79 Å². The number of aliphatic hydroxyl groups is 1. The lowest BCUT2D eigenvalue weighted by atomic mass is 10.0. The van der Waals surface area contributed by atoms with Crippen molar-refractivity contribution in [2.75, 3.05) is 20.2 Å². The molecular weight excluding hydrogens is 434 g/mol. The Morgan fingerprint density at radius 1 is 1.09 bits per heavy atom. The van der Waals surface area contributed by atoms with E-state index in [1.165, 1.54) is 6.92 Å². The Hall–Kier alpha value is -3.85. The van der Waals surface area contributed by atoms with Crippen LogP contribution in [-0.4, -0.2) is 61.7 Å². The maximum Gasteiger partial charge on any atom is 0.251 e. The van der Waals surface area contributed by atoms with Crippen molar-refractivity contribution in [2.24, 2.45) is 0 Å². The quantitative estimate of drug-likeness (QED) is 0.467. The second kappa shape index (κ2) is 8.83. The van der Waals surface area contributed by atoms with Crippen LogP contribution in [0.1, 0.15) is 25.8 Å². The van der Waals surface area contributed by atoms with Crippen molar-refractivity contribution in [1.29, 1.82) is 0 Å². The number of fused-ring (bicyclic) bond motifs is 3. The molecule has 5 rings (SSSR count). The molecule has 0 saturated carbocycles. The number of hydrogen-bond acceptors (Lipinski definition) is 7. The average molecular weight is 460 g/mol. The van der Waals surface area contributed by atoms with Crippen LogP contribution in [0.2, 0.25) is 0 Å². The number of nitrogens with zero attached hydrogens (tertiary/aromatic N) is 5. The number of rotatable bonds is 4. The lowest BCUT2D eigenvalue weighted by molar-refractivity contribution is -0.140. The van der Waals surface area contributed by atoms with Gasteiger partial charge in [-0.25, -0.2) is 9.97 Å². The Bertz CT molecular complexity index is 1420. The summed E-state index contributed by atoms with van der Waals surface area (Å²) in [5.74, 6) is 0.240. The van der Waals surface area contributed by atoms with E-state index in [4.69, 9.17) is 9.72 Å². The number of pyridine rings is 4. The van der Waals surface area contributed by atoms with Crippen molar-refractivity contribution in [1.82, 2.24) is 24.4 Å². The number of ether oxygens (including phenoxy) is 1. The summed E-state index contributed by atoms with van der Waals surface area (Å²) in [6.45, 7) is 2.44. The zero-order valence-electron chi connectivity index (χ0n) is 19.0. The highest BCUT2D eigenvalue weighted by molar-refractivity contribution is 6.01. The van der Waals surface area contributed by atoms with Crippen LogP contribution in [0, 0.1) is 0 Å². The molecule has 34 heavy (non-hydrogen) atoms. The minimum Gasteiger partial charge on any atom is -0.481 e. The molecule has 1 atom stereocenters. The van der Waals surface area contributed by atoms with E-state index < -0.39 is 6.10 Å². The lowest BCUT2D eigenvalue weighted by Crippen LogP contribution is -2.44. The Labute approximate surface area is 195 Å². The van der Waals surface area contributed by atoms with Crippen LogP contribution in [0.25, 0.3) is 33.2 Å². The van der Waals surface area contributed by atoms with Crippen molar-refractivity contribution in [3.05, 3.63) is 59.1 Å². The van der Waals surface area contributed by atoms with Gasteiger partial charge in [-0.15, -0.1) is 0 Å². The van der Waals surface area contributed by atoms with Crippen molar-refractivity contribution < 1.29 is 14.6 Å². The smallest absolute Gasteiger partial charge is 0.251 e. The number of hydrogen-bond donors (Lipinski definition) is 1. The van der Waals surface area contributed by atoms with Gasteiger partial charge in [-0.3, -0.25) is 14.6 Å². The second-order valence-corrected chi connectivity index (χ2v) is 8.49. The molecule has 4 aromatic heterocycles. The molecular formula is C25H25N5O4. The van der Waals surface area contributed by atoms with E-state index in [1.54, 1.807) is 47.2 Å². The minimum absolute atomic E-state index is 0.0899. The van der Waals surface area contributed by atoms with E-state index in [1.807, 2.05) is 18.2 Å². The van der Waals surface area contributed by atoms with Crippen molar-refractivity contribution in [3.8, 4) is 17.1 Å². The first-order valence-electron chi connectivity index (χ1n) is 11.2. The second-order valence-electron chi connectivity index (χ2n) is 8.49. The normalized spacial score (nSPS) is 15.6. The number of methoxy groups -OCH3 is 1. The molecule has 4 aromatic rings. The van der Waals surface area contributed by atoms with Crippen molar-refractivity contribution in [2.45, 2.75) is 31.9 Å². The van der Waals surface area contributed by atoms with Gasteiger partial charge >= 0.3 is 0 Å². The summed E-state index contributed by atoms with van der Waals surface area (Å²) in [7, 11) is 1.57. The first-order valence-corrected chi connectivity index (χ1v) is 11.2. The Kier molecular flexibility index (Phi) is 5.70. The van der Waals surface area contributed by atoms with Gasteiger partial charge in [0.15, 0.2) is 0 Å². The van der Waals surface area contributed by atoms with Gasteiger partial charge in [-0.2, -0.15) is 0 Å². The maximum absolute atomic E-state index is 13.1. The van der Waals surface area contributed by atoms with Crippen LogP contribution in [0.5, 0.6) is 5.88 Å². The van der Waals surface area contributed by atoms with Crippen LogP contribution < -0.4 is 10.3 Å². The molecule has 1 fully saturated rings. The summed E-state index contributed by atoms with van der Waals surface area (Å²) in [4.78, 5) is 40.6. The van der Waals surface area contributed by atoms with Crippen LogP contribution in [0.4, 0.5) is 0 Å². The van der Waals surface area contributed by atoms with Gasteiger partial charge in [0.2, 0.25) is 5.88 Å². The van der Waals surface area contributed by atoms with Crippen LogP contribution >= 0.6 is 0 Å². The topological polar surface area (TPSA) is 110 Å². The minimum atomic E-state index is -1.03. The van der Waals surface area contributed by atoms with E-state index in [-0.39, 0.29) is 17.5 Å². The van der Waals surface area contributed by atoms with E-state index in [2.05, 4.69) is 9.97 Å². The third kappa shape index (κ3) is 3.88. The fourth-order valence-electron chi connectivity index (χ4n) is 4.58. The summed E-state index contributed by atoms with van der Waals surface area (Å²) >= 11 is 0. The van der Waals surface area contributed by atoms with Gasteiger partial charge in [0.25, 0.3) is 11.5 Å². The zero-order chi connectivity index (χ0) is 23.8. The molecule has 0 aromatic carbocycles. The molecule has 0 bridgehead atoms. The molecule has 174 valence electrons. The number of aliphatic hydroxyl groups excluding tert-OH is 1. The number of likely N-dealkylation sites (tertiary alicyclic amines) is 1. The third-order valence-electron chi connectivity index (χ3n) is 6.34. The summed E-state index contributed by atoms with van der Waals surface area (Å²) < 4.78 is 6.94. The molecule has 5 heterocycles. The summed E-state index contributed by atoms with van der Waals surface area (Å²) in [6.07, 6.45) is 3.66. The number of aromatic nitrogens is 4. The van der Waals surface area contributed by atoms with Crippen LogP contribution in [0.3, 0.4) is 0 Å². The largest absolute Gasteiger partial charge is 0.481 e. The van der Waals surface area contributed by atoms with Crippen LogP contribution in [0.15, 0.2) is 53.6 Å². The van der Waals surface area contributed by atoms with E-state index in [0.717, 1.165) is 22.2 Å². The number of carbonyl (C=O) groups is 1. The standard InChI is InChI=1S/C25H25N5O4/c1-15(31)25(33)29-11-9-18(10-12-29)30-22(32)8-4-17-14-26-20-6-5-19(28-23(20)24(17)30)16-3-7-21(34-2)27-13-16/h3-8,13-15,18,31H,9-12H2,1-2H3. The predicted molar refractivity (Wildman–Crippen MR) is 128 cm³/mol. The fourth-order valence-corrected chi connectivity index (χ4v) is 4.58. The average Bonchev–Trinajstić information content (AvgIpc) is 2.88. The highest BCUT2D eigenvalue weighted by Crippen LogP contribution is 2.30. The van der Waals surface area contributed by atoms with Gasteiger partial charge in [0, 0.05) is 54.6 Å². The van der Waals surface area contributed by atoms with Crippen molar-refractivity contribution in [3.63, 3.8) is 0 Å². The molecule has 1 aliphatic heterocycles. The summed E-state index contributed by atoms with van der Waals surface area (Å²) in [5, 5.41) is 10.5. The monoisotopic (exact) mass is 459 g/mol. The highest BCUT2D eigenvalue weighted by Gasteiger charge is 2.27. The van der Waals surface area contributed by atoms with Gasteiger partial charge in [0.1, 0.15) is 11.6 Å². The first kappa shape index (κ1) is 22.0. The molecule has 9 heteroatoms. The van der Waals surface area contributed by atoms with Gasteiger partial charge < -0.3 is 19.3 Å². The number of piperidine rings is 1. The molecule has 1 unspecified atom stereocenters. The van der Waals surface area contributed by atoms with E-state index in [9.17, 15) is 14.7 Å². The van der Waals surface area contributed by atoms with Gasteiger partial charge in [0.05, 0.1) is 23.8 Å². The first-order chi connectivity index (χ1) is 16.5. The Morgan fingerprint density at radius 2 is 1.88 bits per heavy atom. The molecule has 0 spiro atoms.